The normalized spacial score (nSPS) is 11.0. The summed E-state index contributed by atoms with van der Waals surface area (Å²) >= 11 is 3.59. The predicted molar refractivity (Wildman–Crippen MR) is 109 cm³/mol. The highest BCUT2D eigenvalue weighted by molar-refractivity contribution is 7.99. The van der Waals surface area contributed by atoms with Gasteiger partial charge in [0.15, 0.2) is 0 Å². The average Bonchev–Trinajstić information content (AvgIpc) is 3.05. The van der Waals surface area contributed by atoms with Gasteiger partial charge in [0.05, 0.1) is 16.3 Å². The summed E-state index contributed by atoms with van der Waals surface area (Å²) in [4.78, 5) is 18.4. The number of aromatic nitrogens is 1. The van der Waals surface area contributed by atoms with Gasteiger partial charge in [0.2, 0.25) is 0 Å². The molecule has 1 N–H and O–H groups in total. The van der Waals surface area contributed by atoms with Crippen molar-refractivity contribution in [1.82, 2.24) is 4.98 Å². The van der Waals surface area contributed by atoms with E-state index >= 15 is 0 Å². The number of thiazole rings is 1. The Labute approximate surface area is 168 Å². The van der Waals surface area contributed by atoms with Crippen LogP contribution in [0.5, 0.6) is 0 Å². The maximum atomic E-state index is 12.7. The highest BCUT2D eigenvalue weighted by Gasteiger charge is 2.13. The van der Waals surface area contributed by atoms with Crippen LogP contribution >= 0.6 is 34.9 Å². The lowest BCUT2D eigenvalue weighted by Gasteiger charge is -2.10. The highest BCUT2D eigenvalue weighted by Crippen LogP contribution is 2.29. The molecule has 27 heavy (non-hydrogen) atoms. The molecule has 0 aliphatic carbocycles. The van der Waals surface area contributed by atoms with Gasteiger partial charge in [-0.2, -0.15) is 8.78 Å². The van der Waals surface area contributed by atoms with Crippen LogP contribution in [0, 0.1) is 6.92 Å². The first-order valence-electron chi connectivity index (χ1n) is 8.00. The third-order valence-electron chi connectivity index (χ3n) is 3.49. The van der Waals surface area contributed by atoms with E-state index in [-0.39, 0.29) is 5.91 Å². The van der Waals surface area contributed by atoms with Gasteiger partial charge in [0.1, 0.15) is 0 Å². The van der Waals surface area contributed by atoms with Crippen molar-refractivity contribution in [2.45, 2.75) is 28.2 Å². The van der Waals surface area contributed by atoms with Gasteiger partial charge in [-0.25, -0.2) is 4.98 Å². The van der Waals surface area contributed by atoms with E-state index in [4.69, 9.17) is 0 Å². The van der Waals surface area contributed by atoms with Gasteiger partial charge in [-0.05, 0) is 37.3 Å². The SMILES string of the molecule is Cc1nc(CSc2ccccc2C(=O)Nc2cccc(SC(F)F)c2)cs1. The second-order valence-electron chi connectivity index (χ2n) is 5.50. The minimum atomic E-state index is -2.50. The number of halogens is 2. The predicted octanol–water partition coefficient (Wildman–Crippen LogP) is 6.31. The van der Waals surface area contributed by atoms with Crippen molar-refractivity contribution >= 4 is 46.5 Å². The van der Waals surface area contributed by atoms with Crippen LogP contribution in [-0.2, 0) is 5.75 Å². The molecule has 8 heteroatoms. The molecule has 0 bridgehead atoms. The van der Waals surface area contributed by atoms with E-state index in [9.17, 15) is 13.6 Å². The monoisotopic (exact) mass is 422 g/mol. The largest absolute Gasteiger partial charge is 0.322 e. The lowest BCUT2D eigenvalue weighted by molar-refractivity contribution is 0.102. The molecule has 3 aromatic rings. The fourth-order valence-corrected chi connectivity index (χ4v) is 4.57. The van der Waals surface area contributed by atoms with Crippen molar-refractivity contribution in [3.63, 3.8) is 0 Å². The van der Waals surface area contributed by atoms with Crippen LogP contribution in [0.4, 0.5) is 14.5 Å². The molecule has 1 aromatic heterocycles. The Balaban J connectivity index is 1.71. The van der Waals surface area contributed by atoms with E-state index in [2.05, 4.69) is 10.3 Å². The topological polar surface area (TPSA) is 42.0 Å². The van der Waals surface area contributed by atoms with Gasteiger partial charge < -0.3 is 5.32 Å². The van der Waals surface area contributed by atoms with Gasteiger partial charge >= 0.3 is 0 Å². The van der Waals surface area contributed by atoms with E-state index in [0.29, 0.717) is 33.7 Å². The minimum Gasteiger partial charge on any atom is -0.322 e. The number of hydrogen-bond acceptors (Lipinski definition) is 5. The van der Waals surface area contributed by atoms with Crippen LogP contribution in [-0.4, -0.2) is 16.6 Å². The molecule has 2 aromatic carbocycles. The van der Waals surface area contributed by atoms with E-state index in [0.717, 1.165) is 15.6 Å². The van der Waals surface area contributed by atoms with E-state index in [1.807, 2.05) is 24.4 Å². The molecule has 0 spiro atoms. The van der Waals surface area contributed by atoms with Gasteiger partial charge in [0.25, 0.3) is 11.7 Å². The number of rotatable bonds is 7. The zero-order chi connectivity index (χ0) is 19.2. The van der Waals surface area contributed by atoms with Crippen LogP contribution in [0.15, 0.2) is 63.7 Å². The van der Waals surface area contributed by atoms with E-state index < -0.39 is 5.76 Å². The molecular weight excluding hydrogens is 406 g/mol. The molecule has 0 fully saturated rings. The zero-order valence-corrected chi connectivity index (χ0v) is 16.8. The van der Waals surface area contributed by atoms with Gasteiger partial charge in [-0.15, -0.1) is 23.1 Å². The van der Waals surface area contributed by atoms with E-state index in [1.54, 1.807) is 59.5 Å². The maximum Gasteiger partial charge on any atom is 0.288 e. The summed E-state index contributed by atoms with van der Waals surface area (Å²) in [7, 11) is 0. The molecule has 140 valence electrons. The molecule has 1 amide bonds. The Morgan fingerprint density at radius 2 is 2.04 bits per heavy atom. The van der Waals surface area contributed by atoms with Gasteiger partial charge in [0, 0.05) is 26.6 Å². The van der Waals surface area contributed by atoms with Crippen LogP contribution in [0.25, 0.3) is 0 Å². The third-order valence-corrected chi connectivity index (χ3v) is 6.12. The fraction of sp³-hybridized carbons (Fsp3) is 0.158. The van der Waals surface area contributed by atoms with Crippen molar-refractivity contribution in [3.8, 4) is 0 Å². The Morgan fingerprint density at radius 1 is 1.22 bits per heavy atom. The second-order valence-corrected chi connectivity index (χ2v) is 8.65. The molecule has 0 aliphatic rings. The maximum absolute atomic E-state index is 12.7. The molecule has 0 aliphatic heterocycles. The highest BCUT2D eigenvalue weighted by atomic mass is 32.2. The Hall–Kier alpha value is -1.90. The summed E-state index contributed by atoms with van der Waals surface area (Å²) < 4.78 is 25.1. The average molecular weight is 423 g/mol. The fourth-order valence-electron chi connectivity index (χ4n) is 2.35. The molecule has 0 atom stereocenters. The van der Waals surface area contributed by atoms with Crippen molar-refractivity contribution in [1.29, 1.82) is 0 Å². The molecule has 1 heterocycles. The smallest absolute Gasteiger partial charge is 0.288 e. The molecule has 0 saturated carbocycles. The molecule has 0 radical (unpaired) electrons. The van der Waals surface area contributed by atoms with Crippen LogP contribution in [0.1, 0.15) is 21.1 Å². The number of hydrogen-bond donors (Lipinski definition) is 1. The number of nitrogens with zero attached hydrogens (tertiary/aromatic N) is 1. The van der Waals surface area contributed by atoms with E-state index in [1.165, 1.54) is 0 Å². The van der Waals surface area contributed by atoms with Crippen molar-refractivity contribution < 1.29 is 13.6 Å². The van der Waals surface area contributed by atoms with Crippen LogP contribution < -0.4 is 5.32 Å². The summed E-state index contributed by atoms with van der Waals surface area (Å²) in [5.41, 5.74) is 2.01. The lowest BCUT2D eigenvalue weighted by Crippen LogP contribution is -2.13. The van der Waals surface area contributed by atoms with Crippen molar-refractivity contribution in [3.05, 3.63) is 70.2 Å². The zero-order valence-electron chi connectivity index (χ0n) is 14.3. The van der Waals surface area contributed by atoms with Crippen LogP contribution in [0.2, 0.25) is 0 Å². The number of aryl methyl sites for hydroxylation is 1. The number of carbonyl (C=O) groups excluding carboxylic acids is 1. The first-order valence-corrected chi connectivity index (χ1v) is 10.7. The Bertz CT molecular complexity index is 931. The lowest BCUT2D eigenvalue weighted by atomic mass is 10.2. The standard InChI is InChI=1S/C19H16F2N2OS3/c1-12-22-14(10-25-12)11-26-17-8-3-2-7-16(17)18(24)23-13-5-4-6-15(9-13)27-19(20)21/h2-10,19H,11H2,1H3,(H,23,24). The summed E-state index contributed by atoms with van der Waals surface area (Å²) in [5.74, 6) is -2.09. The first-order chi connectivity index (χ1) is 13.0. The number of nitrogens with one attached hydrogen (secondary N) is 1. The summed E-state index contributed by atoms with van der Waals surface area (Å²) in [6.07, 6.45) is 0. The quantitative estimate of drug-likeness (QED) is 0.453. The minimum absolute atomic E-state index is 0.272. The number of benzene rings is 2. The Kier molecular flexibility index (Phi) is 6.87. The van der Waals surface area contributed by atoms with Gasteiger partial charge in [-0.1, -0.05) is 30.0 Å². The van der Waals surface area contributed by atoms with Gasteiger partial charge in [-0.3, -0.25) is 4.79 Å². The molecular formula is C19H16F2N2OS3. The molecule has 3 nitrogen and oxygen atoms in total. The molecule has 0 unspecified atom stereocenters. The first kappa shape index (κ1) is 19.9. The Morgan fingerprint density at radius 3 is 2.78 bits per heavy atom. The number of anilines is 1. The summed E-state index contributed by atoms with van der Waals surface area (Å²) in [5, 5.41) is 5.81. The summed E-state index contributed by atoms with van der Waals surface area (Å²) in [6, 6.07) is 13.8. The second kappa shape index (κ2) is 9.34. The van der Waals surface area contributed by atoms with Crippen molar-refractivity contribution in [2.24, 2.45) is 0 Å². The molecule has 3 rings (SSSR count). The number of thioether (sulfide) groups is 2. The number of carbonyl (C=O) groups is 1. The number of amides is 1. The summed E-state index contributed by atoms with van der Waals surface area (Å²) in [6.45, 7) is 1.96. The van der Waals surface area contributed by atoms with Crippen LogP contribution in [0.3, 0.4) is 0 Å². The number of alkyl halides is 2. The van der Waals surface area contributed by atoms with Crippen molar-refractivity contribution in [2.75, 3.05) is 5.32 Å². The molecule has 0 saturated heterocycles. The third kappa shape index (κ3) is 5.79.